The maximum absolute atomic E-state index is 12.9. The molecule has 0 radical (unpaired) electrons. The maximum Gasteiger partial charge on any atom is 0.242 e. The summed E-state index contributed by atoms with van der Waals surface area (Å²) in [6.45, 7) is 3.11. The molecule has 134 valence electrons. The normalized spacial score (nSPS) is 18.8. The third-order valence-corrected chi connectivity index (χ3v) is 6.38. The van der Waals surface area contributed by atoms with E-state index >= 15 is 0 Å². The molecule has 0 saturated carbocycles. The standard InChI is InChI=1S/C17H25FN2O3S/c1-14-6-3-4-13-20(14)17(21)7-5-12-19(2)24(22,23)16-10-8-15(18)9-11-16/h8-11,14H,3-7,12-13H2,1-2H3. The van der Waals surface area contributed by atoms with E-state index in [2.05, 4.69) is 6.92 Å². The van der Waals surface area contributed by atoms with E-state index in [1.54, 1.807) is 0 Å². The summed E-state index contributed by atoms with van der Waals surface area (Å²) in [5.41, 5.74) is 0. The minimum absolute atomic E-state index is 0.0578. The molecule has 5 nitrogen and oxygen atoms in total. The van der Waals surface area contributed by atoms with Gasteiger partial charge in [0.15, 0.2) is 0 Å². The van der Waals surface area contributed by atoms with Crippen molar-refractivity contribution in [3.05, 3.63) is 30.1 Å². The predicted molar refractivity (Wildman–Crippen MR) is 90.5 cm³/mol. The Bertz CT molecular complexity index is 661. The second-order valence-electron chi connectivity index (χ2n) is 6.32. The van der Waals surface area contributed by atoms with Gasteiger partial charge < -0.3 is 4.90 Å². The van der Waals surface area contributed by atoms with Crippen LogP contribution >= 0.6 is 0 Å². The Morgan fingerprint density at radius 3 is 2.58 bits per heavy atom. The molecular formula is C17H25FN2O3S. The molecule has 1 saturated heterocycles. The molecule has 1 heterocycles. The number of hydrogen-bond acceptors (Lipinski definition) is 3. The van der Waals surface area contributed by atoms with Gasteiger partial charge in [0, 0.05) is 32.6 Å². The number of carbonyl (C=O) groups excluding carboxylic acids is 1. The first-order valence-electron chi connectivity index (χ1n) is 8.34. The van der Waals surface area contributed by atoms with Gasteiger partial charge in [-0.3, -0.25) is 4.79 Å². The summed E-state index contributed by atoms with van der Waals surface area (Å²) < 4.78 is 38.9. The zero-order chi connectivity index (χ0) is 17.7. The molecule has 1 fully saturated rings. The van der Waals surface area contributed by atoms with Crippen LogP contribution in [0, 0.1) is 5.82 Å². The highest BCUT2D eigenvalue weighted by Gasteiger charge is 2.24. The lowest BCUT2D eigenvalue weighted by Gasteiger charge is -2.33. The Morgan fingerprint density at radius 1 is 1.29 bits per heavy atom. The lowest BCUT2D eigenvalue weighted by atomic mass is 10.0. The van der Waals surface area contributed by atoms with Gasteiger partial charge in [0.2, 0.25) is 15.9 Å². The smallest absolute Gasteiger partial charge is 0.242 e. The Labute approximate surface area is 143 Å². The number of nitrogens with zero attached hydrogens (tertiary/aromatic N) is 2. The van der Waals surface area contributed by atoms with Gasteiger partial charge in [0.05, 0.1) is 4.90 Å². The van der Waals surface area contributed by atoms with E-state index in [1.165, 1.54) is 23.5 Å². The Kier molecular flexibility index (Phi) is 6.34. The van der Waals surface area contributed by atoms with E-state index in [0.29, 0.717) is 12.8 Å². The first-order valence-corrected chi connectivity index (χ1v) is 9.78. The van der Waals surface area contributed by atoms with Gasteiger partial charge in [0.25, 0.3) is 0 Å². The molecule has 0 spiro atoms. The second kappa shape index (κ2) is 8.07. The molecule has 0 bridgehead atoms. The molecule has 1 aliphatic rings. The number of amides is 1. The number of carbonyl (C=O) groups is 1. The van der Waals surface area contributed by atoms with Gasteiger partial charge in [-0.1, -0.05) is 0 Å². The van der Waals surface area contributed by atoms with Gasteiger partial charge in [-0.05, 0) is 56.9 Å². The Balaban J connectivity index is 1.87. The third-order valence-electron chi connectivity index (χ3n) is 4.51. The Hall–Kier alpha value is -1.47. The summed E-state index contributed by atoms with van der Waals surface area (Å²) in [5.74, 6) is -0.382. The summed E-state index contributed by atoms with van der Waals surface area (Å²) in [5, 5.41) is 0. The van der Waals surface area contributed by atoms with Gasteiger partial charge in [-0.15, -0.1) is 0 Å². The minimum Gasteiger partial charge on any atom is -0.340 e. The SMILES string of the molecule is CC1CCCCN1C(=O)CCCN(C)S(=O)(=O)c1ccc(F)cc1. The first kappa shape index (κ1) is 18.9. The second-order valence-corrected chi connectivity index (χ2v) is 8.36. The van der Waals surface area contributed by atoms with Crippen LogP contribution in [0.15, 0.2) is 29.2 Å². The fourth-order valence-electron chi connectivity index (χ4n) is 2.97. The van der Waals surface area contributed by atoms with E-state index < -0.39 is 15.8 Å². The maximum atomic E-state index is 12.9. The average molecular weight is 356 g/mol. The van der Waals surface area contributed by atoms with Crippen molar-refractivity contribution >= 4 is 15.9 Å². The first-order chi connectivity index (χ1) is 11.3. The zero-order valence-corrected chi connectivity index (χ0v) is 15.1. The van der Waals surface area contributed by atoms with Gasteiger partial charge in [-0.2, -0.15) is 0 Å². The van der Waals surface area contributed by atoms with Crippen LogP contribution in [0.5, 0.6) is 0 Å². The number of hydrogen-bond donors (Lipinski definition) is 0. The van der Waals surface area contributed by atoms with Crippen molar-refractivity contribution in [1.29, 1.82) is 0 Å². The van der Waals surface area contributed by atoms with E-state index in [9.17, 15) is 17.6 Å². The van der Waals surface area contributed by atoms with Crippen LogP contribution in [0.3, 0.4) is 0 Å². The zero-order valence-electron chi connectivity index (χ0n) is 14.2. The number of piperidine rings is 1. The summed E-state index contributed by atoms with van der Waals surface area (Å²) in [7, 11) is -2.17. The number of halogens is 1. The number of likely N-dealkylation sites (tertiary alicyclic amines) is 1. The third kappa shape index (κ3) is 4.54. The molecule has 0 aliphatic carbocycles. The van der Waals surface area contributed by atoms with Crippen molar-refractivity contribution in [2.45, 2.75) is 50.0 Å². The molecule has 7 heteroatoms. The highest BCUT2D eigenvalue weighted by molar-refractivity contribution is 7.89. The summed E-state index contributed by atoms with van der Waals surface area (Å²) >= 11 is 0. The van der Waals surface area contributed by atoms with Crippen LogP contribution in [0.2, 0.25) is 0 Å². The van der Waals surface area contributed by atoms with E-state index in [0.717, 1.165) is 37.9 Å². The van der Waals surface area contributed by atoms with Crippen molar-refractivity contribution in [3.8, 4) is 0 Å². The van der Waals surface area contributed by atoms with Crippen LogP contribution in [0.25, 0.3) is 0 Å². The fourth-order valence-corrected chi connectivity index (χ4v) is 4.18. The number of sulfonamides is 1. The molecule has 1 aromatic carbocycles. The molecule has 1 atom stereocenters. The van der Waals surface area contributed by atoms with Crippen molar-refractivity contribution < 1.29 is 17.6 Å². The van der Waals surface area contributed by atoms with Crippen LogP contribution < -0.4 is 0 Å². The van der Waals surface area contributed by atoms with Crippen LogP contribution in [-0.4, -0.2) is 49.7 Å². The lowest BCUT2D eigenvalue weighted by molar-refractivity contribution is -0.134. The Morgan fingerprint density at radius 2 is 1.96 bits per heavy atom. The molecule has 2 rings (SSSR count). The lowest BCUT2D eigenvalue weighted by Crippen LogP contribution is -2.42. The topological polar surface area (TPSA) is 57.7 Å². The molecule has 0 N–H and O–H groups in total. The quantitative estimate of drug-likeness (QED) is 0.787. The van der Waals surface area contributed by atoms with Crippen molar-refractivity contribution in [2.24, 2.45) is 0 Å². The molecule has 1 amide bonds. The van der Waals surface area contributed by atoms with E-state index in [-0.39, 0.29) is 23.4 Å². The summed E-state index contributed by atoms with van der Waals surface area (Å²) in [6, 6.07) is 5.03. The van der Waals surface area contributed by atoms with E-state index in [1.807, 2.05) is 4.90 Å². The van der Waals surface area contributed by atoms with Crippen LogP contribution in [0.1, 0.15) is 39.0 Å². The molecule has 1 unspecified atom stereocenters. The van der Waals surface area contributed by atoms with Crippen molar-refractivity contribution in [3.63, 3.8) is 0 Å². The highest BCUT2D eigenvalue weighted by Crippen LogP contribution is 2.19. The molecule has 0 aromatic heterocycles. The highest BCUT2D eigenvalue weighted by atomic mass is 32.2. The summed E-state index contributed by atoms with van der Waals surface area (Å²) in [4.78, 5) is 14.2. The van der Waals surface area contributed by atoms with Crippen LogP contribution in [-0.2, 0) is 14.8 Å². The average Bonchev–Trinajstić information content (AvgIpc) is 2.55. The van der Waals surface area contributed by atoms with Crippen molar-refractivity contribution in [1.82, 2.24) is 9.21 Å². The number of benzene rings is 1. The minimum atomic E-state index is -3.65. The fraction of sp³-hybridized carbons (Fsp3) is 0.588. The summed E-state index contributed by atoms with van der Waals surface area (Å²) in [6.07, 6.45) is 4.04. The predicted octanol–water partition coefficient (Wildman–Crippen LogP) is 2.63. The van der Waals surface area contributed by atoms with E-state index in [4.69, 9.17) is 0 Å². The van der Waals surface area contributed by atoms with Gasteiger partial charge >= 0.3 is 0 Å². The van der Waals surface area contributed by atoms with Gasteiger partial charge in [-0.25, -0.2) is 17.1 Å². The van der Waals surface area contributed by atoms with Crippen molar-refractivity contribution in [2.75, 3.05) is 20.1 Å². The monoisotopic (exact) mass is 356 g/mol. The van der Waals surface area contributed by atoms with Crippen LogP contribution in [0.4, 0.5) is 4.39 Å². The largest absolute Gasteiger partial charge is 0.340 e. The molecule has 24 heavy (non-hydrogen) atoms. The molecular weight excluding hydrogens is 331 g/mol. The molecule has 1 aliphatic heterocycles. The van der Waals surface area contributed by atoms with Gasteiger partial charge in [0.1, 0.15) is 5.82 Å². The molecule has 1 aromatic rings. The number of rotatable bonds is 6.